The Morgan fingerprint density at radius 3 is 2.93 bits per heavy atom. The number of halogens is 1. The molecule has 2 rings (SSSR count). The number of hydrogen-bond acceptors (Lipinski definition) is 3. The van der Waals surface area contributed by atoms with E-state index in [2.05, 4.69) is 21.2 Å². The quantitative estimate of drug-likeness (QED) is 0.843. The first-order valence-electron chi connectivity index (χ1n) is 4.38. The van der Waals surface area contributed by atoms with Crippen LogP contribution in [0.15, 0.2) is 22.7 Å². The maximum absolute atomic E-state index is 11.4. The second kappa shape index (κ2) is 3.66. The summed E-state index contributed by atoms with van der Waals surface area (Å²) in [4.78, 5) is 21.9. The molecule has 15 heavy (non-hydrogen) atoms. The zero-order chi connectivity index (χ0) is 11.0. The fourth-order valence-corrected chi connectivity index (χ4v) is 2.05. The molecular weight excluding hydrogens is 262 g/mol. The van der Waals surface area contributed by atoms with Crippen LogP contribution in [0.25, 0.3) is 0 Å². The molecular formula is C10H7BrNO3-. The Balaban J connectivity index is 2.39. The number of rotatable bonds is 2. The molecule has 78 valence electrons. The summed E-state index contributed by atoms with van der Waals surface area (Å²) in [7, 11) is 0. The van der Waals surface area contributed by atoms with Crippen LogP contribution in [0.2, 0.25) is 0 Å². The van der Waals surface area contributed by atoms with E-state index in [1.807, 2.05) is 0 Å². The third kappa shape index (κ3) is 1.87. The Morgan fingerprint density at radius 1 is 1.53 bits per heavy atom. The first-order valence-corrected chi connectivity index (χ1v) is 5.17. The van der Waals surface area contributed by atoms with Gasteiger partial charge in [-0.1, -0.05) is 15.9 Å². The van der Waals surface area contributed by atoms with E-state index < -0.39 is 12.0 Å². The Labute approximate surface area is 94.4 Å². The first-order chi connectivity index (χ1) is 7.08. The van der Waals surface area contributed by atoms with Gasteiger partial charge in [0.2, 0.25) is 0 Å². The summed E-state index contributed by atoms with van der Waals surface area (Å²) in [6.07, 6.45) is -0.199. The average Bonchev–Trinajstić information content (AvgIpc) is 2.42. The molecule has 1 N–H and O–H groups in total. The lowest BCUT2D eigenvalue weighted by molar-refractivity contribution is -0.306. The fraction of sp³-hybridized carbons (Fsp3) is 0.200. The van der Waals surface area contributed by atoms with Gasteiger partial charge in [0.25, 0.3) is 5.91 Å². The molecule has 1 aromatic rings. The van der Waals surface area contributed by atoms with Crippen molar-refractivity contribution in [3.63, 3.8) is 0 Å². The summed E-state index contributed by atoms with van der Waals surface area (Å²) in [6, 6.07) is 4.69. The van der Waals surface area contributed by atoms with Crippen LogP contribution >= 0.6 is 15.9 Å². The fourth-order valence-electron chi connectivity index (χ4n) is 1.67. The molecule has 0 spiro atoms. The van der Waals surface area contributed by atoms with E-state index in [1.54, 1.807) is 18.2 Å². The maximum atomic E-state index is 11.4. The molecule has 0 saturated heterocycles. The summed E-state index contributed by atoms with van der Waals surface area (Å²) in [5.41, 5.74) is 1.24. The molecule has 1 aliphatic rings. The molecule has 0 radical (unpaired) electrons. The van der Waals surface area contributed by atoms with Crippen molar-refractivity contribution in [2.75, 3.05) is 0 Å². The zero-order valence-electron chi connectivity index (χ0n) is 7.62. The van der Waals surface area contributed by atoms with Crippen LogP contribution in [0.3, 0.4) is 0 Å². The van der Waals surface area contributed by atoms with Crippen molar-refractivity contribution in [1.82, 2.24) is 5.32 Å². The highest BCUT2D eigenvalue weighted by Gasteiger charge is 2.28. The topological polar surface area (TPSA) is 69.2 Å². The van der Waals surface area contributed by atoms with Crippen molar-refractivity contribution in [3.05, 3.63) is 33.8 Å². The molecule has 1 heterocycles. The van der Waals surface area contributed by atoms with Crippen molar-refractivity contribution < 1.29 is 14.7 Å². The number of aliphatic carboxylic acids is 1. The van der Waals surface area contributed by atoms with E-state index in [-0.39, 0.29) is 12.3 Å². The lowest BCUT2D eigenvalue weighted by Crippen LogP contribution is -2.29. The number of benzene rings is 1. The Bertz CT molecular complexity index is 442. The van der Waals surface area contributed by atoms with Gasteiger partial charge in [0.05, 0.1) is 6.04 Å². The van der Waals surface area contributed by atoms with Gasteiger partial charge >= 0.3 is 0 Å². The van der Waals surface area contributed by atoms with Crippen molar-refractivity contribution in [3.8, 4) is 0 Å². The minimum Gasteiger partial charge on any atom is -0.550 e. The third-order valence-corrected chi connectivity index (χ3v) is 2.80. The number of carbonyl (C=O) groups is 2. The number of carbonyl (C=O) groups excluding carboxylic acids is 2. The second-order valence-electron chi connectivity index (χ2n) is 3.33. The standard InChI is InChI=1S/C10H8BrNO3/c11-5-1-2-6-7(3-5)8(4-9(13)14)12-10(6)15/h1-3,8H,4H2,(H,12,15)(H,13,14)/p-1/t8-/m1/s1. The van der Waals surface area contributed by atoms with Gasteiger partial charge in [-0.2, -0.15) is 0 Å². The van der Waals surface area contributed by atoms with E-state index >= 15 is 0 Å². The molecule has 0 saturated carbocycles. The molecule has 0 fully saturated rings. The normalized spacial score (nSPS) is 18.5. The van der Waals surface area contributed by atoms with Gasteiger partial charge in [-0.25, -0.2) is 0 Å². The smallest absolute Gasteiger partial charge is 0.252 e. The second-order valence-corrected chi connectivity index (χ2v) is 4.25. The average molecular weight is 269 g/mol. The van der Waals surface area contributed by atoms with Crippen molar-refractivity contribution >= 4 is 27.8 Å². The van der Waals surface area contributed by atoms with E-state index in [9.17, 15) is 14.7 Å². The van der Waals surface area contributed by atoms with E-state index in [0.717, 1.165) is 4.47 Å². The predicted octanol–water partition coefficient (Wildman–Crippen LogP) is 0.374. The maximum Gasteiger partial charge on any atom is 0.252 e. The molecule has 1 atom stereocenters. The highest BCUT2D eigenvalue weighted by Crippen LogP contribution is 2.29. The molecule has 1 aromatic carbocycles. The first kappa shape index (κ1) is 10.2. The Kier molecular flexibility index (Phi) is 2.48. The van der Waals surface area contributed by atoms with Crippen LogP contribution in [0.4, 0.5) is 0 Å². The van der Waals surface area contributed by atoms with Gasteiger partial charge in [-0.05, 0) is 23.8 Å². The highest BCUT2D eigenvalue weighted by atomic mass is 79.9. The number of carboxylic acid groups (broad SMARTS) is 1. The van der Waals surface area contributed by atoms with Crippen LogP contribution in [-0.4, -0.2) is 11.9 Å². The summed E-state index contributed by atoms with van der Waals surface area (Å²) in [6.45, 7) is 0. The highest BCUT2D eigenvalue weighted by molar-refractivity contribution is 9.10. The van der Waals surface area contributed by atoms with Gasteiger partial charge in [-0.15, -0.1) is 0 Å². The van der Waals surface area contributed by atoms with Crippen LogP contribution in [0, 0.1) is 0 Å². The Hall–Kier alpha value is -1.36. The van der Waals surface area contributed by atoms with Crippen LogP contribution < -0.4 is 10.4 Å². The number of hydrogen-bond donors (Lipinski definition) is 1. The van der Waals surface area contributed by atoms with Gasteiger partial charge in [0, 0.05) is 22.4 Å². The third-order valence-electron chi connectivity index (χ3n) is 2.31. The lowest BCUT2D eigenvalue weighted by atomic mass is 10.0. The summed E-state index contributed by atoms with van der Waals surface area (Å²) >= 11 is 3.28. The zero-order valence-corrected chi connectivity index (χ0v) is 9.21. The largest absolute Gasteiger partial charge is 0.550 e. The van der Waals surface area contributed by atoms with Crippen molar-refractivity contribution in [1.29, 1.82) is 0 Å². The number of amides is 1. The monoisotopic (exact) mass is 268 g/mol. The number of carboxylic acids is 1. The van der Waals surface area contributed by atoms with Crippen molar-refractivity contribution in [2.24, 2.45) is 0 Å². The van der Waals surface area contributed by atoms with Crippen molar-refractivity contribution in [2.45, 2.75) is 12.5 Å². The molecule has 5 heteroatoms. The summed E-state index contributed by atoms with van der Waals surface area (Å²) in [5, 5.41) is 13.1. The van der Waals surface area contributed by atoms with Gasteiger partial charge in [-0.3, -0.25) is 4.79 Å². The van der Waals surface area contributed by atoms with E-state index in [0.29, 0.717) is 11.1 Å². The van der Waals surface area contributed by atoms with E-state index in [4.69, 9.17) is 0 Å². The Morgan fingerprint density at radius 2 is 2.27 bits per heavy atom. The van der Waals surface area contributed by atoms with Gasteiger partial charge < -0.3 is 15.2 Å². The number of nitrogens with one attached hydrogen (secondary N) is 1. The van der Waals surface area contributed by atoms with Gasteiger partial charge in [0.15, 0.2) is 0 Å². The predicted molar refractivity (Wildman–Crippen MR) is 54.0 cm³/mol. The molecule has 1 aliphatic heterocycles. The minimum atomic E-state index is -1.17. The molecule has 0 aromatic heterocycles. The van der Waals surface area contributed by atoms with Gasteiger partial charge in [0.1, 0.15) is 0 Å². The summed E-state index contributed by atoms with van der Waals surface area (Å²) in [5.74, 6) is -1.41. The molecule has 1 amide bonds. The van der Waals surface area contributed by atoms with E-state index in [1.165, 1.54) is 0 Å². The SMILES string of the molecule is O=C([O-])C[C@H]1NC(=O)c2ccc(Br)cc21. The number of fused-ring (bicyclic) bond motifs is 1. The van der Waals surface area contributed by atoms with Crippen LogP contribution in [0.1, 0.15) is 28.4 Å². The molecule has 4 nitrogen and oxygen atoms in total. The molecule has 0 bridgehead atoms. The molecule has 0 unspecified atom stereocenters. The minimum absolute atomic E-state index is 0.199. The summed E-state index contributed by atoms with van der Waals surface area (Å²) < 4.78 is 0.820. The van der Waals surface area contributed by atoms with Crippen LogP contribution in [0.5, 0.6) is 0 Å². The molecule has 0 aliphatic carbocycles. The lowest BCUT2D eigenvalue weighted by Gasteiger charge is -2.11. The van der Waals surface area contributed by atoms with Crippen LogP contribution in [-0.2, 0) is 4.79 Å².